The second-order valence-electron chi connectivity index (χ2n) is 4.98. The van der Waals surface area contributed by atoms with E-state index in [4.69, 9.17) is 11.6 Å². The number of rotatable bonds is 4. The Morgan fingerprint density at radius 2 is 2.05 bits per heavy atom. The monoisotopic (exact) mass is 337 g/mol. The highest BCUT2D eigenvalue weighted by molar-refractivity contribution is 7.90. The van der Waals surface area contributed by atoms with Gasteiger partial charge in [0.05, 0.1) is 6.20 Å². The number of amides is 1. The predicted molar refractivity (Wildman–Crippen MR) is 79.7 cm³/mol. The van der Waals surface area contributed by atoms with E-state index < -0.39 is 21.8 Å². The van der Waals surface area contributed by atoms with Crippen LogP contribution in [0.15, 0.2) is 47.9 Å². The molecule has 114 valence electrons. The number of halogens is 1. The fourth-order valence-electron chi connectivity index (χ4n) is 2.29. The van der Waals surface area contributed by atoms with Crippen molar-refractivity contribution in [3.05, 3.63) is 53.4 Å². The van der Waals surface area contributed by atoms with Gasteiger partial charge in [-0.15, -0.1) is 0 Å². The van der Waals surface area contributed by atoms with Gasteiger partial charge in [0.2, 0.25) is 5.91 Å². The summed E-state index contributed by atoms with van der Waals surface area (Å²) < 4.78 is 26.1. The third kappa shape index (κ3) is 2.95. The van der Waals surface area contributed by atoms with Gasteiger partial charge in [0, 0.05) is 23.3 Å². The highest BCUT2D eigenvalue weighted by Crippen LogP contribution is 2.49. The molecule has 1 aliphatic carbocycles. The predicted octanol–water partition coefficient (Wildman–Crippen LogP) is 1.74. The van der Waals surface area contributed by atoms with E-state index in [1.807, 2.05) is 22.9 Å². The first-order valence-electron chi connectivity index (χ1n) is 6.56. The Morgan fingerprint density at radius 3 is 2.73 bits per heavy atom. The van der Waals surface area contributed by atoms with Gasteiger partial charge in [-0.25, -0.2) is 9.71 Å². The smallest absolute Gasteiger partial charge is 0.274 e. The van der Waals surface area contributed by atoms with Crippen molar-refractivity contribution < 1.29 is 13.2 Å². The quantitative estimate of drug-likeness (QED) is 0.917. The Kier molecular flexibility index (Phi) is 3.84. The van der Waals surface area contributed by atoms with E-state index in [2.05, 4.69) is 9.97 Å². The Hall–Kier alpha value is -1.99. The van der Waals surface area contributed by atoms with Crippen LogP contribution in [-0.2, 0) is 14.8 Å². The maximum atomic E-state index is 12.1. The number of hydrogen-bond acceptors (Lipinski definition) is 5. The molecule has 0 spiro atoms. The molecule has 8 heteroatoms. The third-order valence-corrected chi connectivity index (χ3v) is 5.06. The summed E-state index contributed by atoms with van der Waals surface area (Å²) in [6, 6.07) is 7.24. The van der Waals surface area contributed by atoms with Gasteiger partial charge in [-0.3, -0.25) is 9.78 Å². The lowest BCUT2D eigenvalue weighted by atomic mass is 10.1. The van der Waals surface area contributed by atoms with Gasteiger partial charge in [0.1, 0.15) is 0 Å². The van der Waals surface area contributed by atoms with Crippen LogP contribution >= 0.6 is 11.6 Å². The molecule has 0 unspecified atom stereocenters. The first kappa shape index (κ1) is 14.9. The lowest BCUT2D eigenvalue weighted by Gasteiger charge is -2.06. The van der Waals surface area contributed by atoms with E-state index >= 15 is 0 Å². The fraction of sp³-hybridized carbons (Fsp3) is 0.214. The standard InChI is InChI=1S/C14H12ClN3O3S/c15-12-4-2-1-3-9(12)10-7-11(10)14(19)18-22(20,21)13-8-16-5-6-17-13/h1-6,8,10-11H,7H2,(H,18,19)/t10-,11-/m1/s1. The summed E-state index contributed by atoms with van der Waals surface area (Å²) in [6.07, 6.45) is 4.28. The molecule has 22 heavy (non-hydrogen) atoms. The van der Waals surface area contributed by atoms with Gasteiger partial charge < -0.3 is 0 Å². The van der Waals surface area contributed by atoms with E-state index in [1.54, 1.807) is 6.07 Å². The van der Waals surface area contributed by atoms with Crippen molar-refractivity contribution in [2.75, 3.05) is 0 Å². The SMILES string of the molecule is O=C(NS(=O)(=O)c1cnccn1)[C@@H]1C[C@@H]1c1ccccc1Cl. The zero-order valence-corrected chi connectivity index (χ0v) is 12.9. The third-order valence-electron chi connectivity index (χ3n) is 3.48. The molecule has 1 aromatic heterocycles. The van der Waals surface area contributed by atoms with E-state index in [-0.39, 0.29) is 10.9 Å². The first-order valence-corrected chi connectivity index (χ1v) is 8.42. The van der Waals surface area contributed by atoms with Gasteiger partial charge >= 0.3 is 0 Å². The van der Waals surface area contributed by atoms with Crippen LogP contribution in [0, 0.1) is 5.92 Å². The highest BCUT2D eigenvalue weighted by Gasteiger charge is 2.46. The molecule has 1 aromatic carbocycles. The highest BCUT2D eigenvalue weighted by atomic mass is 35.5. The number of carbonyl (C=O) groups is 1. The van der Waals surface area contributed by atoms with Gasteiger partial charge in [0.25, 0.3) is 10.0 Å². The molecule has 2 atom stereocenters. The second kappa shape index (κ2) is 5.66. The molecule has 2 aromatic rings. The van der Waals surface area contributed by atoms with Crippen LogP contribution in [0.4, 0.5) is 0 Å². The number of benzene rings is 1. The summed E-state index contributed by atoms with van der Waals surface area (Å²) in [5.41, 5.74) is 0.862. The second-order valence-corrected chi connectivity index (χ2v) is 7.02. The van der Waals surface area contributed by atoms with Gasteiger partial charge in [0.15, 0.2) is 5.03 Å². The van der Waals surface area contributed by atoms with Crippen LogP contribution in [0.25, 0.3) is 0 Å². The van der Waals surface area contributed by atoms with Crippen LogP contribution in [0.5, 0.6) is 0 Å². The van der Waals surface area contributed by atoms with Crippen LogP contribution < -0.4 is 4.72 Å². The van der Waals surface area contributed by atoms with E-state index in [9.17, 15) is 13.2 Å². The summed E-state index contributed by atoms with van der Waals surface area (Å²) in [6.45, 7) is 0. The largest absolute Gasteiger partial charge is 0.283 e. The van der Waals surface area contributed by atoms with Gasteiger partial charge in [-0.1, -0.05) is 29.8 Å². The van der Waals surface area contributed by atoms with Crippen LogP contribution in [-0.4, -0.2) is 24.3 Å². The Bertz CT molecular complexity index is 811. The minimum absolute atomic E-state index is 0.0502. The molecule has 0 aliphatic heterocycles. The first-order chi connectivity index (χ1) is 10.5. The molecule has 1 fully saturated rings. The number of aromatic nitrogens is 2. The van der Waals surface area contributed by atoms with E-state index in [0.717, 1.165) is 11.8 Å². The van der Waals surface area contributed by atoms with Gasteiger partial charge in [-0.2, -0.15) is 8.42 Å². The van der Waals surface area contributed by atoms with E-state index in [1.165, 1.54) is 12.4 Å². The maximum Gasteiger partial charge on any atom is 0.283 e. The molecule has 6 nitrogen and oxygen atoms in total. The van der Waals surface area contributed by atoms with Crippen molar-refractivity contribution in [2.24, 2.45) is 5.92 Å². The molecular weight excluding hydrogens is 326 g/mol. The minimum Gasteiger partial charge on any atom is -0.274 e. The number of nitrogens with zero attached hydrogens (tertiary/aromatic N) is 2. The summed E-state index contributed by atoms with van der Waals surface area (Å²) in [7, 11) is -3.99. The summed E-state index contributed by atoms with van der Waals surface area (Å²) in [5.74, 6) is -0.993. The lowest BCUT2D eigenvalue weighted by molar-refractivity contribution is -0.120. The Labute approximate surface area is 132 Å². The molecule has 1 amide bonds. The topological polar surface area (TPSA) is 89.0 Å². The zero-order chi connectivity index (χ0) is 15.7. The van der Waals surface area contributed by atoms with Crippen molar-refractivity contribution in [3.8, 4) is 0 Å². The van der Waals surface area contributed by atoms with Crippen molar-refractivity contribution in [1.82, 2.24) is 14.7 Å². The summed E-state index contributed by atoms with van der Waals surface area (Å²) >= 11 is 6.09. The number of hydrogen-bond donors (Lipinski definition) is 1. The fourth-order valence-corrected chi connectivity index (χ4v) is 3.48. The normalized spacial score (nSPS) is 20.4. The molecule has 1 saturated carbocycles. The lowest BCUT2D eigenvalue weighted by Crippen LogP contribution is -2.32. The molecule has 1 aliphatic rings. The number of nitrogens with one attached hydrogen (secondary N) is 1. The zero-order valence-electron chi connectivity index (χ0n) is 11.3. The average Bonchev–Trinajstić information content (AvgIpc) is 3.29. The Morgan fingerprint density at radius 1 is 1.27 bits per heavy atom. The minimum atomic E-state index is -3.99. The van der Waals surface area contributed by atoms with Crippen molar-refractivity contribution in [2.45, 2.75) is 17.4 Å². The molecule has 1 N–H and O–H groups in total. The molecule has 1 heterocycles. The summed E-state index contributed by atoms with van der Waals surface area (Å²) in [4.78, 5) is 19.5. The molecule has 0 saturated heterocycles. The van der Waals surface area contributed by atoms with Crippen LogP contribution in [0.2, 0.25) is 5.02 Å². The average molecular weight is 338 g/mol. The van der Waals surface area contributed by atoms with Crippen LogP contribution in [0.1, 0.15) is 17.9 Å². The molecule has 0 bridgehead atoms. The summed E-state index contributed by atoms with van der Waals surface area (Å²) in [5, 5.41) is 0.304. The van der Waals surface area contributed by atoms with Crippen molar-refractivity contribution in [1.29, 1.82) is 0 Å². The Balaban J connectivity index is 1.71. The maximum absolute atomic E-state index is 12.1. The molecular formula is C14H12ClN3O3S. The molecule has 3 rings (SSSR count). The van der Waals surface area contributed by atoms with E-state index in [0.29, 0.717) is 11.4 Å². The number of sulfonamides is 1. The van der Waals surface area contributed by atoms with Crippen LogP contribution in [0.3, 0.4) is 0 Å². The molecule has 0 radical (unpaired) electrons. The number of carbonyl (C=O) groups excluding carboxylic acids is 1. The van der Waals surface area contributed by atoms with Gasteiger partial charge in [-0.05, 0) is 24.0 Å². The van der Waals surface area contributed by atoms with Crippen molar-refractivity contribution >= 4 is 27.5 Å². The van der Waals surface area contributed by atoms with Crippen molar-refractivity contribution in [3.63, 3.8) is 0 Å².